The number of hydrogen-bond donors (Lipinski definition) is 1. The first kappa shape index (κ1) is 20.3. The fraction of sp³-hybridized carbons (Fsp3) is 0.364. The fourth-order valence-corrected chi connectivity index (χ4v) is 4.00. The minimum atomic E-state index is 0.120. The molecule has 0 atom stereocenters. The Bertz CT molecular complexity index is 909. The van der Waals surface area contributed by atoms with Crippen LogP contribution in [0.15, 0.2) is 48.5 Å². The number of likely N-dealkylation sites (N-methyl/N-ethyl adjacent to an activating group) is 1. The van der Waals surface area contributed by atoms with E-state index in [1.165, 1.54) is 10.5 Å². The maximum Gasteiger partial charge on any atom is 0.229 e. The van der Waals surface area contributed by atoms with Gasteiger partial charge in [-0.05, 0) is 37.1 Å². The number of aryl methyl sites for hydroxylation is 1. The zero-order valence-electron chi connectivity index (χ0n) is 16.8. The molecule has 0 aliphatic carbocycles. The van der Waals surface area contributed by atoms with E-state index in [0.29, 0.717) is 19.6 Å². The van der Waals surface area contributed by atoms with Gasteiger partial charge in [-0.25, -0.2) is 4.98 Å². The lowest BCUT2D eigenvalue weighted by molar-refractivity contribution is -0.856. The second kappa shape index (κ2) is 9.66. The van der Waals surface area contributed by atoms with Crippen molar-refractivity contribution < 1.29 is 14.4 Å². The molecule has 0 saturated heterocycles. The number of hydrogen-bond acceptors (Lipinski definition) is 4. The first-order valence-corrected chi connectivity index (χ1v) is 10.5. The van der Waals surface area contributed by atoms with Crippen molar-refractivity contribution in [2.45, 2.75) is 19.8 Å². The van der Waals surface area contributed by atoms with E-state index >= 15 is 0 Å². The van der Waals surface area contributed by atoms with Gasteiger partial charge in [0.05, 0.1) is 44.0 Å². The largest absolute Gasteiger partial charge is 0.494 e. The van der Waals surface area contributed by atoms with Crippen LogP contribution in [0.25, 0.3) is 10.2 Å². The first-order valence-electron chi connectivity index (χ1n) is 9.73. The normalized spacial score (nSPS) is 11.1. The summed E-state index contributed by atoms with van der Waals surface area (Å²) in [4.78, 5) is 20.9. The highest BCUT2D eigenvalue weighted by Crippen LogP contribution is 2.31. The van der Waals surface area contributed by atoms with E-state index in [2.05, 4.69) is 26.2 Å². The average molecular weight is 399 g/mol. The summed E-state index contributed by atoms with van der Waals surface area (Å²) in [6, 6.07) is 16.0. The standard InChI is InChI=1S/C22H27N3O2S/c1-4-27-18-11-12-19-20(16-18)28-22(23-19)25(15-14-24(2)3)21(26)13-10-17-8-6-5-7-9-17/h5-9,11-12,16H,4,10,13-15H2,1-3H3/p+1. The van der Waals surface area contributed by atoms with E-state index in [4.69, 9.17) is 9.72 Å². The van der Waals surface area contributed by atoms with E-state index < -0.39 is 0 Å². The Kier molecular flexibility index (Phi) is 7.01. The summed E-state index contributed by atoms with van der Waals surface area (Å²) in [6.45, 7) is 4.14. The van der Waals surface area contributed by atoms with Crippen LogP contribution >= 0.6 is 11.3 Å². The van der Waals surface area contributed by atoms with Crippen molar-refractivity contribution in [2.24, 2.45) is 0 Å². The molecule has 28 heavy (non-hydrogen) atoms. The van der Waals surface area contributed by atoms with Gasteiger partial charge in [-0.2, -0.15) is 0 Å². The minimum absolute atomic E-state index is 0.120. The van der Waals surface area contributed by atoms with Crippen LogP contribution in [0.1, 0.15) is 18.9 Å². The maximum atomic E-state index is 13.0. The van der Waals surface area contributed by atoms with Crippen molar-refractivity contribution in [2.75, 3.05) is 38.7 Å². The fourth-order valence-electron chi connectivity index (χ4n) is 2.96. The SMILES string of the molecule is CCOc1ccc2nc(N(CC[NH+](C)C)C(=O)CCc3ccccc3)sc2c1. The van der Waals surface area contributed by atoms with E-state index in [1.54, 1.807) is 11.3 Å². The number of anilines is 1. The topological polar surface area (TPSA) is 46.9 Å². The lowest BCUT2D eigenvalue weighted by atomic mass is 10.1. The zero-order chi connectivity index (χ0) is 19.9. The number of quaternary nitrogens is 1. The van der Waals surface area contributed by atoms with Crippen LogP contribution in [0.2, 0.25) is 0 Å². The lowest BCUT2D eigenvalue weighted by Gasteiger charge is -2.20. The first-order chi connectivity index (χ1) is 13.6. The zero-order valence-corrected chi connectivity index (χ0v) is 17.6. The molecule has 6 heteroatoms. The molecule has 2 aromatic carbocycles. The van der Waals surface area contributed by atoms with Crippen molar-refractivity contribution in [3.05, 3.63) is 54.1 Å². The number of amides is 1. The van der Waals surface area contributed by atoms with Crippen molar-refractivity contribution >= 4 is 32.6 Å². The van der Waals surface area contributed by atoms with Crippen LogP contribution in [0.3, 0.4) is 0 Å². The van der Waals surface area contributed by atoms with Crippen LogP contribution < -0.4 is 14.5 Å². The molecule has 5 nitrogen and oxygen atoms in total. The van der Waals surface area contributed by atoms with Gasteiger partial charge in [0.15, 0.2) is 5.13 Å². The molecule has 0 aliphatic rings. The number of benzene rings is 2. The van der Waals surface area contributed by atoms with Crippen molar-refractivity contribution in [3.63, 3.8) is 0 Å². The van der Waals surface area contributed by atoms with E-state index in [-0.39, 0.29) is 5.91 Å². The molecule has 0 radical (unpaired) electrons. The van der Waals surface area contributed by atoms with Crippen LogP contribution in [0.5, 0.6) is 5.75 Å². The smallest absolute Gasteiger partial charge is 0.229 e. The van der Waals surface area contributed by atoms with E-state index in [9.17, 15) is 4.79 Å². The molecule has 1 amide bonds. The van der Waals surface area contributed by atoms with Gasteiger partial charge in [0.25, 0.3) is 0 Å². The molecule has 1 aromatic heterocycles. The monoisotopic (exact) mass is 398 g/mol. The second-order valence-electron chi connectivity index (χ2n) is 7.05. The molecule has 3 aromatic rings. The van der Waals surface area contributed by atoms with Crippen LogP contribution in [0.4, 0.5) is 5.13 Å². The highest BCUT2D eigenvalue weighted by Gasteiger charge is 2.20. The molecule has 0 unspecified atom stereocenters. The number of carbonyl (C=O) groups excluding carboxylic acids is 1. The molecular formula is C22H28N3O2S+. The Hall–Kier alpha value is -2.44. The van der Waals surface area contributed by atoms with Gasteiger partial charge in [-0.1, -0.05) is 41.7 Å². The number of ether oxygens (including phenoxy) is 1. The third-order valence-electron chi connectivity index (χ3n) is 4.50. The lowest BCUT2D eigenvalue weighted by Crippen LogP contribution is -3.06. The average Bonchev–Trinajstić information content (AvgIpc) is 3.10. The number of thiazole rings is 1. The summed E-state index contributed by atoms with van der Waals surface area (Å²) < 4.78 is 6.63. The quantitative estimate of drug-likeness (QED) is 0.603. The predicted octanol–water partition coefficient (Wildman–Crippen LogP) is 2.81. The van der Waals surface area contributed by atoms with E-state index in [1.807, 2.05) is 48.2 Å². The van der Waals surface area contributed by atoms with Gasteiger partial charge >= 0.3 is 0 Å². The third kappa shape index (κ3) is 5.30. The molecule has 1 heterocycles. The molecule has 1 N–H and O–H groups in total. The Labute approximate surface area is 170 Å². The van der Waals surface area contributed by atoms with Crippen molar-refractivity contribution in [3.8, 4) is 5.75 Å². The van der Waals surface area contributed by atoms with Gasteiger partial charge in [0.1, 0.15) is 5.75 Å². The van der Waals surface area contributed by atoms with Gasteiger partial charge < -0.3 is 9.64 Å². The molecule has 0 aliphatic heterocycles. The Morgan fingerprint density at radius 3 is 2.68 bits per heavy atom. The van der Waals surface area contributed by atoms with Gasteiger partial charge in [-0.15, -0.1) is 0 Å². The summed E-state index contributed by atoms with van der Waals surface area (Å²) in [5.74, 6) is 0.957. The summed E-state index contributed by atoms with van der Waals surface area (Å²) in [5, 5.41) is 0.767. The van der Waals surface area contributed by atoms with Crippen LogP contribution in [0, 0.1) is 0 Å². The van der Waals surface area contributed by atoms with Gasteiger partial charge in [0, 0.05) is 6.42 Å². The summed E-state index contributed by atoms with van der Waals surface area (Å²) in [5.41, 5.74) is 2.08. The van der Waals surface area contributed by atoms with Crippen molar-refractivity contribution in [1.29, 1.82) is 0 Å². The number of fused-ring (bicyclic) bond motifs is 1. The second-order valence-corrected chi connectivity index (χ2v) is 8.06. The Balaban J connectivity index is 1.80. The van der Waals surface area contributed by atoms with Crippen LogP contribution in [-0.4, -0.2) is 44.7 Å². The molecule has 0 fully saturated rings. The van der Waals surface area contributed by atoms with Crippen LogP contribution in [-0.2, 0) is 11.2 Å². The number of carbonyl (C=O) groups is 1. The number of nitrogens with zero attached hydrogens (tertiary/aromatic N) is 2. The molecule has 3 rings (SSSR count). The molecular weight excluding hydrogens is 370 g/mol. The van der Waals surface area contributed by atoms with E-state index in [0.717, 1.165) is 34.1 Å². The predicted molar refractivity (Wildman–Crippen MR) is 116 cm³/mol. The Morgan fingerprint density at radius 1 is 1.18 bits per heavy atom. The third-order valence-corrected chi connectivity index (χ3v) is 5.54. The Morgan fingerprint density at radius 2 is 1.96 bits per heavy atom. The summed E-state index contributed by atoms with van der Waals surface area (Å²) in [6.07, 6.45) is 1.22. The number of aromatic nitrogens is 1. The number of nitrogens with one attached hydrogen (secondary N) is 1. The minimum Gasteiger partial charge on any atom is -0.494 e. The molecule has 0 saturated carbocycles. The molecule has 0 bridgehead atoms. The number of rotatable bonds is 9. The van der Waals surface area contributed by atoms with Crippen molar-refractivity contribution in [1.82, 2.24) is 4.98 Å². The van der Waals surface area contributed by atoms with Gasteiger partial charge in [-0.3, -0.25) is 9.69 Å². The summed E-state index contributed by atoms with van der Waals surface area (Å²) >= 11 is 1.55. The maximum absolute atomic E-state index is 13.0. The molecule has 0 spiro atoms. The molecule has 148 valence electrons. The van der Waals surface area contributed by atoms with Gasteiger partial charge in [0.2, 0.25) is 5.91 Å². The highest BCUT2D eigenvalue weighted by molar-refractivity contribution is 7.22. The highest BCUT2D eigenvalue weighted by atomic mass is 32.1. The summed E-state index contributed by atoms with van der Waals surface area (Å²) in [7, 11) is 4.19.